The predicted molar refractivity (Wildman–Crippen MR) is 114 cm³/mol. The van der Waals surface area contributed by atoms with Crippen molar-refractivity contribution in [1.82, 2.24) is 24.9 Å². The van der Waals surface area contributed by atoms with E-state index < -0.39 is 11.6 Å². The van der Waals surface area contributed by atoms with E-state index in [-0.39, 0.29) is 22.7 Å². The lowest BCUT2D eigenvalue weighted by molar-refractivity contribution is 0.0950. The number of para-hydroxylation sites is 2. The van der Waals surface area contributed by atoms with Crippen LogP contribution in [0, 0.1) is 0 Å². The molecule has 0 aliphatic rings. The van der Waals surface area contributed by atoms with E-state index >= 15 is 0 Å². The number of nitrogen functional groups attached to an aromatic ring is 1. The summed E-state index contributed by atoms with van der Waals surface area (Å²) in [5.41, 5.74) is 2.99. The van der Waals surface area contributed by atoms with Gasteiger partial charge >= 0.3 is 5.69 Å². The van der Waals surface area contributed by atoms with Crippen LogP contribution in [0.4, 0.5) is 0 Å². The van der Waals surface area contributed by atoms with Gasteiger partial charge in [0.15, 0.2) is 17.2 Å². The third-order valence-electron chi connectivity index (χ3n) is 4.63. The Kier molecular flexibility index (Phi) is 5.37. The number of nitrogens with zero attached hydrogens (tertiary/aromatic N) is 3. The average molecular weight is 420 g/mol. The fourth-order valence-electron chi connectivity index (χ4n) is 3.25. The second-order valence-electron chi connectivity index (χ2n) is 6.46. The molecule has 0 fully saturated rings. The fourth-order valence-corrected chi connectivity index (χ4v) is 3.25. The van der Waals surface area contributed by atoms with Gasteiger partial charge in [-0.05, 0) is 43.3 Å². The van der Waals surface area contributed by atoms with Crippen LogP contribution in [0.1, 0.15) is 17.4 Å². The van der Waals surface area contributed by atoms with Crippen LogP contribution in [-0.4, -0.2) is 39.1 Å². The summed E-state index contributed by atoms with van der Waals surface area (Å²) in [5.74, 6) is 6.09. The second kappa shape index (κ2) is 8.28. The van der Waals surface area contributed by atoms with Gasteiger partial charge in [0, 0.05) is 5.56 Å². The lowest BCUT2D eigenvalue weighted by Gasteiger charge is -2.10. The molecule has 31 heavy (non-hydrogen) atoms. The van der Waals surface area contributed by atoms with E-state index in [9.17, 15) is 9.59 Å². The summed E-state index contributed by atoms with van der Waals surface area (Å²) in [5, 5.41) is 0. The molecule has 2 aromatic carbocycles. The van der Waals surface area contributed by atoms with Crippen molar-refractivity contribution in [3.05, 3.63) is 64.7 Å². The van der Waals surface area contributed by atoms with Crippen molar-refractivity contribution in [2.75, 3.05) is 13.7 Å². The van der Waals surface area contributed by atoms with Gasteiger partial charge in [0.05, 0.1) is 19.4 Å². The highest BCUT2D eigenvalue weighted by atomic mass is 16.5. The van der Waals surface area contributed by atoms with Crippen molar-refractivity contribution in [2.24, 2.45) is 5.84 Å². The minimum atomic E-state index is -0.659. The van der Waals surface area contributed by atoms with E-state index in [1.54, 1.807) is 48.5 Å². The Balaban J connectivity index is 1.99. The number of hydrazine groups is 1. The van der Waals surface area contributed by atoms with Gasteiger partial charge in [0.25, 0.3) is 5.91 Å². The molecule has 0 saturated heterocycles. The van der Waals surface area contributed by atoms with E-state index in [4.69, 9.17) is 15.3 Å². The Morgan fingerprint density at radius 2 is 1.90 bits per heavy atom. The van der Waals surface area contributed by atoms with Crippen LogP contribution in [0.3, 0.4) is 0 Å². The van der Waals surface area contributed by atoms with Crippen molar-refractivity contribution in [1.29, 1.82) is 0 Å². The number of rotatable bonds is 6. The van der Waals surface area contributed by atoms with Crippen molar-refractivity contribution in [3.8, 4) is 28.6 Å². The molecule has 2 heterocycles. The van der Waals surface area contributed by atoms with Crippen LogP contribution >= 0.6 is 0 Å². The first kappa shape index (κ1) is 20.1. The number of nitrogens with one attached hydrogen (secondary N) is 2. The molecule has 0 radical (unpaired) electrons. The summed E-state index contributed by atoms with van der Waals surface area (Å²) < 4.78 is 12.2. The number of hydrogen-bond donors (Lipinski definition) is 3. The van der Waals surface area contributed by atoms with Gasteiger partial charge in [-0.25, -0.2) is 25.2 Å². The van der Waals surface area contributed by atoms with E-state index in [1.165, 1.54) is 11.7 Å². The second-order valence-corrected chi connectivity index (χ2v) is 6.46. The largest absolute Gasteiger partial charge is 0.495 e. The number of carbonyl (C=O) groups excluding carboxylic acids is 1. The number of ether oxygens (including phenoxy) is 2. The lowest BCUT2D eigenvalue weighted by atomic mass is 10.2. The quantitative estimate of drug-likeness (QED) is 0.246. The maximum Gasteiger partial charge on any atom is 0.332 e. The first-order valence-corrected chi connectivity index (χ1v) is 9.47. The molecule has 0 bridgehead atoms. The minimum Gasteiger partial charge on any atom is -0.495 e. The number of benzene rings is 2. The number of methoxy groups -OCH3 is 1. The molecule has 10 heteroatoms. The van der Waals surface area contributed by atoms with Crippen molar-refractivity contribution in [2.45, 2.75) is 6.92 Å². The van der Waals surface area contributed by atoms with Crippen molar-refractivity contribution >= 4 is 17.1 Å². The Morgan fingerprint density at radius 3 is 2.58 bits per heavy atom. The van der Waals surface area contributed by atoms with Crippen LogP contribution in [0.5, 0.6) is 11.5 Å². The molecular formula is C21H20N6O4. The molecule has 4 rings (SSSR count). The van der Waals surface area contributed by atoms with Crippen molar-refractivity contribution in [3.63, 3.8) is 0 Å². The highest BCUT2D eigenvalue weighted by Gasteiger charge is 2.22. The zero-order chi connectivity index (χ0) is 22.0. The summed E-state index contributed by atoms with van der Waals surface area (Å²) >= 11 is 0. The lowest BCUT2D eigenvalue weighted by Crippen LogP contribution is -2.31. The first-order valence-electron chi connectivity index (χ1n) is 9.47. The van der Waals surface area contributed by atoms with Crippen LogP contribution in [0.15, 0.2) is 53.3 Å². The molecule has 0 atom stereocenters. The zero-order valence-electron chi connectivity index (χ0n) is 16.9. The first-order chi connectivity index (χ1) is 15.1. The summed E-state index contributed by atoms with van der Waals surface area (Å²) in [6.45, 7) is 2.43. The number of carbonyl (C=O) groups is 1. The molecule has 4 aromatic rings. The van der Waals surface area contributed by atoms with Gasteiger partial charge in [0.1, 0.15) is 17.0 Å². The molecule has 1 amide bonds. The number of hydrogen-bond acceptors (Lipinski definition) is 7. The summed E-state index contributed by atoms with van der Waals surface area (Å²) in [4.78, 5) is 36.8. The predicted octanol–water partition coefficient (Wildman–Crippen LogP) is 1.79. The molecule has 2 aromatic heterocycles. The van der Waals surface area contributed by atoms with Gasteiger partial charge in [-0.15, -0.1) is 0 Å². The summed E-state index contributed by atoms with van der Waals surface area (Å²) in [6, 6.07) is 14.1. The average Bonchev–Trinajstić information content (AvgIpc) is 3.14. The minimum absolute atomic E-state index is 0.0536. The molecule has 0 unspecified atom stereocenters. The fraction of sp³-hybridized carbons (Fsp3) is 0.143. The maximum absolute atomic E-state index is 12.8. The molecule has 0 aliphatic carbocycles. The molecule has 158 valence electrons. The number of H-pyrrole nitrogens is 1. The molecule has 0 aliphatic heterocycles. The number of nitrogens with two attached hydrogens (primary N) is 1. The van der Waals surface area contributed by atoms with Crippen LogP contribution in [0.25, 0.3) is 28.2 Å². The van der Waals surface area contributed by atoms with E-state index in [0.717, 1.165) is 0 Å². The molecular weight excluding hydrogens is 400 g/mol. The number of aromatic amines is 1. The molecule has 10 nitrogen and oxygen atoms in total. The standard InChI is InChI=1S/C21H20N6O4/c1-3-31-13-10-8-12(9-11-13)18-23-17(20(28)26-22)16-19(25-18)27(21(29)24-16)14-6-4-5-7-15(14)30-2/h4-11H,3,22H2,1-2H3,(H,24,29)(H,26,28). The van der Waals surface area contributed by atoms with E-state index in [1.807, 2.05) is 6.92 Å². The molecule has 0 saturated carbocycles. The monoisotopic (exact) mass is 420 g/mol. The van der Waals surface area contributed by atoms with Gasteiger partial charge in [0.2, 0.25) is 0 Å². The van der Waals surface area contributed by atoms with Gasteiger partial charge < -0.3 is 14.5 Å². The van der Waals surface area contributed by atoms with Crippen LogP contribution in [0.2, 0.25) is 0 Å². The normalized spacial score (nSPS) is 10.8. The Hall–Kier alpha value is -4.18. The van der Waals surface area contributed by atoms with E-state index in [0.29, 0.717) is 29.4 Å². The maximum atomic E-state index is 12.8. The van der Waals surface area contributed by atoms with Crippen molar-refractivity contribution < 1.29 is 14.3 Å². The molecule has 0 spiro atoms. The summed E-state index contributed by atoms with van der Waals surface area (Å²) in [7, 11) is 1.51. The van der Waals surface area contributed by atoms with Crippen LogP contribution in [-0.2, 0) is 0 Å². The zero-order valence-corrected chi connectivity index (χ0v) is 16.9. The third-order valence-corrected chi connectivity index (χ3v) is 4.63. The van der Waals surface area contributed by atoms with Crippen LogP contribution < -0.4 is 26.4 Å². The Morgan fingerprint density at radius 1 is 1.16 bits per heavy atom. The number of imidazole rings is 1. The van der Waals surface area contributed by atoms with E-state index in [2.05, 4.69) is 20.4 Å². The number of fused-ring (bicyclic) bond motifs is 1. The highest BCUT2D eigenvalue weighted by molar-refractivity contribution is 6.02. The number of amides is 1. The molecule has 4 N–H and O–H groups in total. The topological polar surface area (TPSA) is 137 Å². The summed E-state index contributed by atoms with van der Waals surface area (Å²) in [6.07, 6.45) is 0. The smallest absolute Gasteiger partial charge is 0.332 e. The van der Waals surface area contributed by atoms with Gasteiger partial charge in [-0.2, -0.15) is 0 Å². The third kappa shape index (κ3) is 3.60. The number of aromatic nitrogens is 4. The van der Waals surface area contributed by atoms with Gasteiger partial charge in [-0.1, -0.05) is 12.1 Å². The highest BCUT2D eigenvalue weighted by Crippen LogP contribution is 2.27. The van der Waals surface area contributed by atoms with Gasteiger partial charge in [-0.3, -0.25) is 10.2 Å². The Bertz CT molecular complexity index is 1310. The Labute approximate surface area is 176 Å². The SMILES string of the molecule is CCOc1ccc(-c2nc(C(=O)NN)c3[nH]c(=O)n(-c4ccccc4OC)c3n2)cc1.